The molecule has 4 heteroatoms. The summed E-state index contributed by atoms with van der Waals surface area (Å²) in [6.07, 6.45) is 2.44. The predicted octanol–water partition coefficient (Wildman–Crippen LogP) is 1.16. The molecule has 13 heavy (non-hydrogen) atoms. The molecule has 1 amide bonds. The molecule has 2 atom stereocenters. The molecule has 72 valence electrons. The van der Waals surface area contributed by atoms with Gasteiger partial charge in [-0.3, -0.25) is 4.79 Å². The van der Waals surface area contributed by atoms with Crippen LogP contribution in [0.4, 0.5) is 0 Å². The molecule has 0 aromatic rings. The molecular weight excluding hydrogens is 184 g/mol. The van der Waals surface area contributed by atoms with Crippen LogP contribution in [0.5, 0.6) is 0 Å². The maximum absolute atomic E-state index is 11.2. The molecule has 0 aliphatic carbocycles. The zero-order chi connectivity index (χ0) is 9.68. The van der Waals surface area contributed by atoms with Crippen LogP contribution in [0.25, 0.3) is 0 Å². The molecule has 1 aliphatic rings. The third-order valence-corrected chi connectivity index (χ3v) is 3.51. The van der Waals surface area contributed by atoms with E-state index in [4.69, 9.17) is 5.26 Å². The first-order valence-corrected chi connectivity index (χ1v) is 5.58. The van der Waals surface area contributed by atoms with Gasteiger partial charge in [-0.25, -0.2) is 0 Å². The van der Waals surface area contributed by atoms with Gasteiger partial charge in [0.2, 0.25) is 5.91 Å². The zero-order valence-electron chi connectivity index (χ0n) is 7.75. The van der Waals surface area contributed by atoms with Gasteiger partial charge in [-0.15, -0.1) is 0 Å². The summed E-state index contributed by atoms with van der Waals surface area (Å²) in [5.41, 5.74) is 0. The number of amides is 1. The van der Waals surface area contributed by atoms with E-state index < -0.39 is 5.92 Å². The normalized spacial score (nSPS) is 23.5. The standard InChI is InChI=1S/C9H14N2OS/c1-7(5-10)9(12)11-6-8-3-2-4-13-8/h7-8H,2-4,6H2,1H3,(H,11,12). The first kappa shape index (κ1) is 10.4. The van der Waals surface area contributed by atoms with Crippen LogP contribution in [-0.4, -0.2) is 23.5 Å². The van der Waals surface area contributed by atoms with E-state index in [0.29, 0.717) is 5.25 Å². The number of thioether (sulfide) groups is 1. The quantitative estimate of drug-likeness (QED) is 0.740. The maximum Gasteiger partial charge on any atom is 0.237 e. The Labute approximate surface area is 82.9 Å². The number of carbonyl (C=O) groups excluding carboxylic acids is 1. The first-order chi connectivity index (χ1) is 6.24. The maximum atomic E-state index is 11.2. The minimum Gasteiger partial charge on any atom is -0.354 e. The lowest BCUT2D eigenvalue weighted by Crippen LogP contribution is -2.33. The Bertz CT molecular complexity index is 218. The molecular formula is C9H14N2OS. The lowest BCUT2D eigenvalue weighted by atomic mass is 10.2. The van der Waals surface area contributed by atoms with Crippen molar-refractivity contribution < 1.29 is 4.79 Å². The van der Waals surface area contributed by atoms with Crippen molar-refractivity contribution >= 4 is 17.7 Å². The van der Waals surface area contributed by atoms with Crippen LogP contribution in [0.2, 0.25) is 0 Å². The highest BCUT2D eigenvalue weighted by Crippen LogP contribution is 2.25. The second-order valence-corrected chi connectivity index (χ2v) is 4.64. The molecule has 0 aromatic carbocycles. The highest BCUT2D eigenvalue weighted by Gasteiger charge is 2.17. The van der Waals surface area contributed by atoms with Gasteiger partial charge in [0, 0.05) is 11.8 Å². The van der Waals surface area contributed by atoms with E-state index >= 15 is 0 Å². The highest BCUT2D eigenvalue weighted by atomic mass is 32.2. The van der Waals surface area contributed by atoms with E-state index in [2.05, 4.69) is 5.32 Å². The van der Waals surface area contributed by atoms with Crippen LogP contribution < -0.4 is 5.32 Å². The average Bonchev–Trinajstić information content (AvgIpc) is 2.65. The first-order valence-electron chi connectivity index (χ1n) is 4.53. The van der Waals surface area contributed by atoms with Crippen molar-refractivity contribution in [3.8, 4) is 6.07 Å². The molecule has 1 saturated heterocycles. The molecule has 0 saturated carbocycles. The Kier molecular flexibility index (Phi) is 4.10. The molecule has 1 heterocycles. The smallest absolute Gasteiger partial charge is 0.237 e. The lowest BCUT2D eigenvalue weighted by molar-refractivity contribution is -0.122. The molecule has 2 unspecified atom stereocenters. The van der Waals surface area contributed by atoms with Gasteiger partial charge < -0.3 is 5.32 Å². The van der Waals surface area contributed by atoms with Crippen molar-refractivity contribution in [2.24, 2.45) is 5.92 Å². The van der Waals surface area contributed by atoms with E-state index in [0.717, 1.165) is 6.54 Å². The van der Waals surface area contributed by atoms with Crippen LogP contribution in [0, 0.1) is 17.2 Å². The molecule has 1 rings (SSSR count). The second kappa shape index (κ2) is 5.13. The van der Waals surface area contributed by atoms with Crippen LogP contribution in [-0.2, 0) is 4.79 Å². The molecule has 0 bridgehead atoms. The zero-order valence-corrected chi connectivity index (χ0v) is 8.56. The molecule has 1 fully saturated rings. The van der Waals surface area contributed by atoms with Crippen LogP contribution in [0.1, 0.15) is 19.8 Å². The topological polar surface area (TPSA) is 52.9 Å². The van der Waals surface area contributed by atoms with Crippen LogP contribution in [0.3, 0.4) is 0 Å². The largest absolute Gasteiger partial charge is 0.354 e. The Hall–Kier alpha value is -0.690. The summed E-state index contributed by atoms with van der Waals surface area (Å²) in [6.45, 7) is 2.34. The average molecular weight is 198 g/mol. The fourth-order valence-corrected chi connectivity index (χ4v) is 2.43. The summed E-state index contributed by atoms with van der Waals surface area (Å²) in [6, 6.07) is 1.92. The van der Waals surface area contributed by atoms with Gasteiger partial charge in [-0.1, -0.05) is 0 Å². The number of nitriles is 1. The van der Waals surface area contributed by atoms with Crippen molar-refractivity contribution in [3.63, 3.8) is 0 Å². The van der Waals surface area contributed by atoms with Gasteiger partial charge in [-0.2, -0.15) is 17.0 Å². The molecule has 0 spiro atoms. The van der Waals surface area contributed by atoms with Crippen molar-refractivity contribution in [3.05, 3.63) is 0 Å². The third kappa shape index (κ3) is 3.27. The summed E-state index contributed by atoms with van der Waals surface area (Å²) in [5, 5.41) is 11.8. The molecule has 1 N–H and O–H groups in total. The second-order valence-electron chi connectivity index (χ2n) is 3.23. The summed E-state index contributed by atoms with van der Waals surface area (Å²) in [5.74, 6) is 0.537. The summed E-state index contributed by atoms with van der Waals surface area (Å²) >= 11 is 1.91. The van der Waals surface area contributed by atoms with Gasteiger partial charge in [0.15, 0.2) is 0 Å². The van der Waals surface area contributed by atoms with E-state index in [1.54, 1.807) is 6.92 Å². The molecule has 0 radical (unpaired) electrons. The summed E-state index contributed by atoms with van der Waals surface area (Å²) in [7, 11) is 0. The predicted molar refractivity (Wildman–Crippen MR) is 53.3 cm³/mol. The number of rotatable bonds is 3. The number of hydrogen-bond acceptors (Lipinski definition) is 3. The molecule has 3 nitrogen and oxygen atoms in total. The van der Waals surface area contributed by atoms with E-state index in [1.807, 2.05) is 17.8 Å². The minimum absolute atomic E-state index is 0.144. The minimum atomic E-state index is -0.522. The van der Waals surface area contributed by atoms with E-state index in [1.165, 1.54) is 18.6 Å². The number of carbonyl (C=O) groups is 1. The van der Waals surface area contributed by atoms with E-state index in [9.17, 15) is 4.79 Å². The lowest BCUT2D eigenvalue weighted by Gasteiger charge is -2.10. The van der Waals surface area contributed by atoms with Crippen LogP contribution >= 0.6 is 11.8 Å². The third-order valence-electron chi connectivity index (χ3n) is 2.11. The molecule has 0 aromatic heterocycles. The van der Waals surface area contributed by atoms with Crippen molar-refractivity contribution in [2.75, 3.05) is 12.3 Å². The Morgan fingerprint density at radius 1 is 1.85 bits per heavy atom. The highest BCUT2D eigenvalue weighted by molar-refractivity contribution is 8.00. The van der Waals surface area contributed by atoms with Gasteiger partial charge in [0.1, 0.15) is 5.92 Å². The number of nitrogens with zero attached hydrogens (tertiary/aromatic N) is 1. The monoisotopic (exact) mass is 198 g/mol. The van der Waals surface area contributed by atoms with Crippen molar-refractivity contribution in [1.29, 1.82) is 5.26 Å². The van der Waals surface area contributed by atoms with Gasteiger partial charge in [-0.05, 0) is 25.5 Å². The SMILES string of the molecule is CC(C#N)C(=O)NCC1CCCS1. The Balaban J connectivity index is 2.18. The number of hydrogen-bond donors (Lipinski definition) is 1. The van der Waals surface area contributed by atoms with Gasteiger partial charge >= 0.3 is 0 Å². The van der Waals surface area contributed by atoms with Gasteiger partial charge in [0.25, 0.3) is 0 Å². The summed E-state index contributed by atoms with van der Waals surface area (Å²) in [4.78, 5) is 11.2. The van der Waals surface area contributed by atoms with Gasteiger partial charge in [0.05, 0.1) is 6.07 Å². The Morgan fingerprint density at radius 3 is 3.15 bits per heavy atom. The fraction of sp³-hybridized carbons (Fsp3) is 0.778. The molecule has 1 aliphatic heterocycles. The van der Waals surface area contributed by atoms with Crippen LogP contribution in [0.15, 0.2) is 0 Å². The van der Waals surface area contributed by atoms with E-state index in [-0.39, 0.29) is 5.91 Å². The Morgan fingerprint density at radius 2 is 2.62 bits per heavy atom. The van der Waals surface area contributed by atoms with Crippen molar-refractivity contribution in [2.45, 2.75) is 25.0 Å². The number of nitrogens with one attached hydrogen (secondary N) is 1. The van der Waals surface area contributed by atoms with Crippen molar-refractivity contribution in [1.82, 2.24) is 5.32 Å². The fourth-order valence-electron chi connectivity index (χ4n) is 1.23. The summed E-state index contributed by atoms with van der Waals surface area (Å²) < 4.78 is 0.